The van der Waals surface area contributed by atoms with Crippen molar-refractivity contribution in [3.63, 3.8) is 0 Å². The molecule has 6 heteroatoms. The van der Waals surface area contributed by atoms with Crippen LogP contribution in [0.2, 0.25) is 5.02 Å². The fourth-order valence-electron chi connectivity index (χ4n) is 3.29. The number of hydrogen-bond acceptors (Lipinski definition) is 3. The van der Waals surface area contributed by atoms with Crippen LogP contribution in [0.3, 0.4) is 0 Å². The fraction of sp³-hybridized carbons (Fsp3) is 0.286. The number of hydrogen-bond donors (Lipinski definition) is 1. The van der Waals surface area contributed by atoms with Gasteiger partial charge >= 0.3 is 0 Å². The molecule has 0 unspecified atom stereocenters. The van der Waals surface area contributed by atoms with Gasteiger partial charge in [0.1, 0.15) is 6.04 Å². The molecule has 0 spiro atoms. The number of imide groups is 1. The predicted octanol–water partition coefficient (Wildman–Crippen LogP) is 4.30. The van der Waals surface area contributed by atoms with Crippen LogP contribution in [0.5, 0.6) is 0 Å². The third-order valence-corrected chi connectivity index (χ3v) is 5.24. The lowest BCUT2D eigenvalue weighted by Crippen LogP contribution is -2.50. The van der Waals surface area contributed by atoms with Gasteiger partial charge in [0.2, 0.25) is 5.91 Å². The molecule has 0 bridgehead atoms. The number of carbonyl (C=O) groups excluding carboxylic acids is 3. The number of halogens is 1. The molecule has 140 valence electrons. The van der Waals surface area contributed by atoms with Crippen molar-refractivity contribution in [3.8, 4) is 0 Å². The molecule has 3 rings (SSSR count). The zero-order chi connectivity index (χ0) is 19.7. The van der Waals surface area contributed by atoms with Crippen LogP contribution in [0, 0.1) is 12.8 Å². The first kappa shape index (κ1) is 19.1. The van der Waals surface area contributed by atoms with Gasteiger partial charge in [-0.1, -0.05) is 44.0 Å². The van der Waals surface area contributed by atoms with Crippen LogP contribution in [0.15, 0.2) is 42.5 Å². The summed E-state index contributed by atoms with van der Waals surface area (Å²) in [5.74, 6) is -1.43. The highest BCUT2D eigenvalue weighted by Gasteiger charge is 2.44. The highest BCUT2D eigenvalue weighted by molar-refractivity contribution is 6.30. The molecule has 0 fully saturated rings. The van der Waals surface area contributed by atoms with Crippen molar-refractivity contribution in [1.29, 1.82) is 0 Å². The summed E-state index contributed by atoms with van der Waals surface area (Å²) in [6, 6.07) is 10.9. The average Bonchev–Trinajstić information content (AvgIpc) is 2.89. The minimum atomic E-state index is -0.891. The molecule has 0 saturated carbocycles. The van der Waals surface area contributed by atoms with E-state index in [1.807, 2.05) is 20.8 Å². The Morgan fingerprint density at radius 1 is 1.11 bits per heavy atom. The Bertz CT molecular complexity index is 890. The lowest BCUT2D eigenvalue weighted by atomic mass is 9.96. The predicted molar refractivity (Wildman–Crippen MR) is 105 cm³/mol. The van der Waals surface area contributed by atoms with Crippen LogP contribution in [0.25, 0.3) is 0 Å². The number of amides is 3. The average molecular weight is 385 g/mol. The van der Waals surface area contributed by atoms with Crippen molar-refractivity contribution >= 4 is 35.0 Å². The van der Waals surface area contributed by atoms with E-state index in [2.05, 4.69) is 5.32 Å². The Morgan fingerprint density at radius 2 is 1.70 bits per heavy atom. The summed E-state index contributed by atoms with van der Waals surface area (Å²) >= 11 is 5.97. The molecule has 2 aromatic carbocycles. The standard InChI is InChI=1S/C21H21ClN2O3/c1-4-12(2)18(19(25)23-17-10-9-14(22)11-13(17)3)24-20(26)15-7-5-6-8-16(15)21(24)27/h5-12,18H,4H2,1-3H3,(H,23,25)/t12-,18-/m0/s1. The Balaban J connectivity index is 1.94. The number of carbonyl (C=O) groups is 3. The van der Waals surface area contributed by atoms with Gasteiger partial charge in [0.15, 0.2) is 0 Å². The number of fused-ring (bicyclic) bond motifs is 1. The van der Waals surface area contributed by atoms with Gasteiger partial charge in [-0.05, 0) is 48.7 Å². The van der Waals surface area contributed by atoms with Gasteiger partial charge in [-0.15, -0.1) is 0 Å². The molecular formula is C21H21ClN2O3. The number of nitrogens with one attached hydrogen (secondary N) is 1. The molecule has 2 atom stereocenters. The van der Waals surface area contributed by atoms with Crippen molar-refractivity contribution in [3.05, 3.63) is 64.2 Å². The van der Waals surface area contributed by atoms with Gasteiger partial charge < -0.3 is 5.32 Å². The third kappa shape index (κ3) is 3.47. The molecule has 1 aliphatic heterocycles. The second kappa shape index (κ2) is 7.53. The molecule has 27 heavy (non-hydrogen) atoms. The van der Waals surface area contributed by atoms with Gasteiger partial charge in [-0.2, -0.15) is 0 Å². The van der Waals surface area contributed by atoms with E-state index >= 15 is 0 Å². The molecule has 0 saturated heterocycles. The van der Waals surface area contributed by atoms with E-state index in [1.165, 1.54) is 0 Å². The Kier molecular flexibility index (Phi) is 5.33. The van der Waals surface area contributed by atoms with Gasteiger partial charge in [-0.25, -0.2) is 0 Å². The molecule has 1 aliphatic rings. The maximum absolute atomic E-state index is 13.1. The molecule has 1 N–H and O–H groups in total. The van der Waals surface area contributed by atoms with Crippen molar-refractivity contribution in [2.24, 2.45) is 5.92 Å². The first-order chi connectivity index (χ1) is 12.8. The minimum absolute atomic E-state index is 0.195. The summed E-state index contributed by atoms with van der Waals surface area (Å²) in [4.78, 5) is 39.9. The van der Waals surface area contributed by atoms with Gasteiger partial charge in [0, 0.05) is 10.7 Å². The zero-order valence-corrected chi connectivity index (χ0v) is 16.2. The quantitative estimate of drug-likeness (QED) is 0.781. The first-order valence-corrected chi connectivity index (χ1v) is 9.26. The second-order valence-electron chi connectivity index (χ2n) is 6.80. The minimum Gasteiger partial charge on any atom is -0.324 e. The monoisotopic (exact) mass is 384 g/mol. The molecule has 2 aromatic rings. The summed E-state index contributed by atoms with van der Waals surface area (Å²) in [6.45, 7) is 5.63. The smallest absolute Gasteiger partial charge is 0.262 e. The van der Waals surface area contributed by atoms with Gasteiger partial charge in [0.05, 0.1) is 11.1 Å². The maximum atomic E-state index is 13.1. The van der Waals surface area contributed by atoms with Crippen molar-refractivity contribution < 1.29 is 14.4 Å². The Morgan fingerprint density at radius 3 is 2.22 bits per heavy atom. The normalized spacial score (nSPS) is 15.5. The Labute approximate surface area is 163 Å². The number of anilines is 1. The molecule has 0 aromatic heterocycles. The van der Waals surface area contributed by atoms with E-state index in [0.29, 0.717) is 28.3 Å². The van der Waals surface area contributed by atoms with Crippen LogP contribution in [-0.4, -0.2) is 28.7 Å². The molecule has 0 aliphatic carbocycles. The summed E-state index contributed by atoms with van der Waals surface area (Å²) < 4.78 is 0. The first-order valence-electron chi connectivity index (χ1n) is 8.89. The SMILES string of the molecule is CC[C@H](C)[C@@H](C(=O)Nc1ccc(Cl)cc1C)N1C(=O)c2ccccc2C1=O. The van der Waals surface area contributed by atoms with Gasteiger partial charge in [0.25, 0.3) is 11.8 Å². The molecule has 1 heterocycles. The lowest BCUT2D eigenvalue weighted by Gasteiger charge is -2.30. The van der Waals surface area contributed by atoms with Crippen LogP contribution < -0.4 is 5.32 Å². The van der Waals surface area contributed by atoms with Crippen LogP contribution in [-0.2, 0) is 4.79 Å². The van der Waals surface area contributed by atoms with E-state index in [1.54, 1.807) is 42.5 Å². The largest absolute Gasteiger partial charge is 0.324 e. The topological polar surface area (TPSA) is 66.5 Å². The summed E-state index contributed by atoms with van der Waals surface area (Å²) in [6.07, 6.45) is 0.644. The maximum Gasteiger partial charge on any atom is 0.262 e. The van der Waals surface area contributed by atoms with Crippen LogP contribution in [0.1, 0.15) is 46.5 Å². The van der Waals surface area contributed by atoms with E-state index < -0.39 is 17.9 Å². The highest BCUT2D eigenvalue weighted by atomic mass is 35.5. The molecular weight excluding hydrogens is 364 g/mol. The third-order valence-electron chi connectivity index (χ3n) is 5.00. The van der Waals surface area contributed by atoms with Gasteiger partial charge in [-0.3, -0.25) is 19.3 Å². The molecule has 0 radical (unpaired) electrons. The van der Waals surface area contributed by atoms with Crippen LogP contribution >= 0.6 is 11.6 Å². The second-order valence-corrected chi connectivity index (χ2v) is 7.24. The van der Waals surface area contributed by atoms with Crippen molar-refractivity contribution in [2.75, 3.05) is 5.32 Å². The van der Waals surface area contributed by atoms with E-state index in [0.717, 1.165) is 10.5 Å². The van der Waals surface area contributed by atoms with E-state index in [4.69, 9.17) is 11.6 Å². The number of nitrogens with zero attached hydrogens (tertiary/aromatic N) is 1. The molecule has 3 amide bonds. The zero-order valence-electron chi connectivity index (χ0n) is 15.5. The van der Waals surface area contributed by atoms with Crippen molar-refractivity contribution in [2.45, 2.75) is 33.2 Å². The number of rotatable bonds is 5. The summed E-state index contributed by atoms with van der Waals surface area (Å²) in [7, 11) is 0. The van der Waals surface area contributed by atoms with Crippen LogP contribution in [0.4, 0.5) is 5.69 Å². The fourth-order valence-corrected chi connectivity index (χ4v) is 3.51. The number of aryl methyl sites for hydroxylation is 1. The van der Waals surface area contributed by atoms with E-state index in [9.17, 15) is 14.4 Å². The summed E-state index contributed by atoms with van der Waals surface area (Å²) in [5.41, 5.74) is 2.09. The van der Waals surface area contributed by atoms with Crippen molar-refractivity contribution in [1.82, 2.24) is 4.90 Å². The van der Waals surface area contributed by atoms with E-state index in [-0.39, 0.29) is 11.8 Å². The Hall–Kier alpha value is -2.66. The molecule has 5 nitrogen and oxygen atoms in total. The number of benzene rings is 2. The highest BCUT2D eigenvalue weighted by Crippen LogP contribution is 2.29. The lowest BCUT2D eigenvalue weighted by molar-refractivity contribution is -0.121. The summed E-state index contributed by atoms with van der Waals surface area (Å²) in [5, 5.41) is 3.43.